The van der Waals surface area contributed by atoms with Crippen LogP contribution in [-0.2, 0) is 17.9 Å². The minimum Gasteiger partial charge on any atom is -0.362 e. The number of fused-ring (bicyclic) bond motifs is 4. The molecule has 172 valence electrons. The van der Waals surface area contributed by atoms with Gasteiger partial charge in [-0.1, -0.05) is 6.92 Å². The second kappa shape index (κ2) is 7.85. The molecule has 10 heteroatoms. The molecule has 2 aliphatic rings. The maximum absolute atomic E-state index is 14.7. The van der Waals surface area contributed by atoms with Crippen LogP contribution in [-0.4, -0.2) is 68.8 Å². The molecule has 0 saturated heterocycles. The van der Waals surface area contributed by atoms with Crippen LogP contribution in [0.1, 0.15) is 48.5 Å². The molecule has 0 N–H and O–H groups in total. The Hall–Kier alpha value is -3.45. The number of likely N-dealkylation sites (N-methyl/N-ethyl adjacent to an activating group) is 1. The van der Waals surface area contributed by atoms with Gasteiger partial charge in [0.25, 0.3) is 0 Å². The van der Waals surface area contributed by atoms with E-state index in [9.17, 15) is 14.4 Å². The van der Waals surface area contributed by atoms with E-state index in [4.69, 9.17) is 5.10 Å². The average molecular weight is 451 g/mol. The Labute approximate surface area is 191 Å². The van der Waals surface area contributed by atoms with Gasteiger partial charge in [-0.25, -0.2) is 8.91 Å². The quantitative estimate of drug-likeness (QED) is 0.608. The lowest BCUT2D eigenvalue weighted by Gasteiger charge is -2.35. The van der Waals surface area contributed by atoms with Gasteiger partial charge in [-0.2, -0.15) is 15.5 Å². The molecule has 0 bridgehead atoms. The Balaban J connectivity index is 1.52. The molecule has 0 saturated carbocycles. The highest BCUT2D eigenvalue weighted by Crippen LogP contribution is 2.37. The van der Waals surface area contributed by atoms with Gasteiger partial charge < -0.3 is 9.80 Å². The summed E-state index contributed by atoms with van der Waals surface area (Å²) in [6.45, 7) is 7.32. The Kier molecular flexibility index (Phi) is 5.09. The number of pyridine rings is 1. The van der Waals surface area contributed by atoms with Crippen molar-refractivity contribution in [1.29, 1.82) is 5.26 Å². The highest BCUT2D eigenvalue weighted by molar-refractivity contribution is 5.77. The van der Waals surface area contributed by atoms with Gasteiger partial charge in [-0.3, -0.25) is 14.4 Å². The Morgan fingerprint density at radius 3 is 2.79 bits per heavy atom. The van der Waals surface area contributed by atoms with Crippen molar-refractivity contribution in [3.8, 4) is 6.07 Å². The number of carbonyl (C=O) groups is 1. The van der Waals surface area contributed by atoms with Crippen LogP contribution in [0.3, 0.4) is 0 Å². The Morgan fingerprint density at radius 2 is 2.06 bits per heavy atom. The van der Waals surface area contributed by atoms with Gasteiger partial charge in [-0.15, -0.1) is 0 Å². The molecular formula is C23H27FN8O. The molecule has 0 spiro atoms. The number of nitriles is 1. The van der Waals surface area contributed by atoms with Gasteiger partial charge in [0.05, 0.1) is 42.4 Å². The minimum atomic E-state index is -0.446. The predicted molar refractivity (Wildman–Crippen MR) is 120 cm³/mol. The van der Waals surface area contributed by atoms with E-state index in [1.165, 1.54) is 4.52 Å². The zero-order valence-electron chi connectivity index (χ0n) is 19.3. The summed E-state index contributed by atoms with van der Waals surface area (Å²) in [6, 6.07) is 5.64. The van der Waals surface area contributed by atoms with E-state index in [1.54, 1.807) is 31.1 Å². The van der Waals surface area contributed by atoms with Gasteiger partial charge in [0, 0.05) is 45.2 Å². The number of anilines is 1. The monoisotopic (exact) mass is 450 g/mol. The highest BCUT2D eigenvalue weighted by atomic mass is 19.1. The maximum Gasteiger partial charge on any atom is 0.236 e. The van der Waals surface area contributed by atoms with Crippen LogP contribution in [0.15, 0.2) is 18.3 Å². The third-order valence-corrected chi connectivity index (χ3v) is 6.68. The Bertz CT molecular complexity index is 1290. The molecule has 5 heterocycles. The molecule has 2 aliphatic heterocycles. The summed E-state index contributed by atoms with van der Waals surface area (Å²) in [5.41, 5.74) is 4.67. The Morgan fingerprint density at radius 1 is 1.27 bits per heavy atom. The second-order valence-corrected chi connectivity index (χ2v) is 9.31. The van der Waals surface area contributed by atoms with E-state index in [-0.39, 0.29) is 17.9 Å². The molecule has 3 aromatic heterocycles. The highest BCUT2D eigenvalue weighted by Gasteiger charge is 2.35. The lowest BCUT2D eigenvalue weighted by atomic mass is 9.95. The van der Waals surface area contributed by atoms with E-state index in [2.05, 4.69) is 39.5 Å². The summed E-state index contributed by atoms with van der Waals surface area (Å²) in [5, 5.41) is 18.4. The molecule has 0 aromatic carbocycles. The van der Waals surface area contributed by atoms with Crippen molar-refractivity contribution in [2.45, 2.75) is 38.9 Å². The zero-order chi connectivity index (χ0) is 23.4. The van der Waals surface area contributed by atoms with Gasteiger partial charge in [0.15, 0.2) is 5.82 Å². The molecule has 33 heavy (non-hydrogen) atoms. The van der Waals surface area contributed by atoms with Gasteiger partial charge in [0.2, 0.25) is 5.91 Å². The largest absolute Gasteiger partial charge is 0.362 e. The topological polar surface area (TPSA) is 85.7 Å². The van der Waals surface area contributed by atoms with Crippen molar-refractivity contribution < 1.29 is 9.18 Å². The van der Waals surface area contributed by atoms with E-state index in [1.807, 2.05) is 0 Å². The summed E-state index contributed by atoms with van der Waals surface area (Å²) < 4.78 is 18.2. The summed E-state index contributed by atoms with van der Waals surface area (Å²) in [5.74, 6) is -0.146. The predicted octanol–water partition coefficient (Wildman–Crippen LogP) is 2.13. The molecule has 2 atom stereocenters. The molecule has 0 aliphatic carbocycles. The van der Waals surface area contributed by atoms with Crippen molar-refractivity contribution in [2.75, 3.05) is 38.6 Å². The molecular weight excluding hydrogens is 423 g/mol. The molecule has 0 fully saturated rings. The maximum atomic E-state index is 14.7. The van der Waals surface area contributed by atoms with Crippen molar-refractivity contribution in [3.63, 3.8) is 0 Å². The first-order chi connectivity index (χ1) is 15.8. The standard InChI is InChI=1S/C23H27FN8O/c1-14-9-29(13-21(33)28(3)4)11-17-20-12-30(10-15(2)31(20)27-22(14)17)19-6-5-16(7-25)32-23(19)18(24)8-26-32/h5-6,8,14-15H,9-13H2,1-4H3/t14?,15-/m1/s1. The number of nitrogens with zero attached hydrogens (tertiary/aromatic N) is 8. The number of hydrogen-bond donors (Lipinski definition) is 0. The van der Waals surface area contributed by atoms with Crippen LogP contribution >= 0.6 is 0 Å². The minimum absolute atomic E-state index is 0.0814. The van der Waals surface area contributed by atoms with Crippen molar-refractivity contribution in [3.05, 3.63) is 46.8 Å². The fraction of sp³-hybridized carbons (Fsp3) is 0.478. The number of aromatic nitrogens is 4. The number of hydrogen-bond acceptors (Lipinski definition) is 6. The molecule has 9 nitrogen and oxygen atoms in total. The van der Waals surface area contributed by atoms with Crippen molar-refractivity contribution in [1.82, 2.24) is 29.2 Å². The van der Waals surface area contributed by atoms with Crippen LogP contribution in [0.4, 0.5) is 10.1 Å². The number of halogens is 1. The first kappa shape index (κ1) is 21.4. The summed E-state index contributed by atoms with van der Waals surface area (Å²) >= 11 is 0. The normalized spacial score (nSPS) is 20.4. The van der Waals surface area contributed by atoms with Crippen LogP contribution in [0.5, 0.6) is 0 Å². The molecule has 1 unspecified atom stereocenters. The van der Waals surface area contributed by atoms with E-state index < -0.39 is 5.82 Å². The number of carbonyl (C=O) groups excluding carboxylic acids is 1. The van der Waals surface area contributed by atoms with E-state index in [0.717, 1.165) is 29.7 Å². The summed E-state index contributed by atoms with van der Waals surface area (Å²) in [4.78, 5) is 18.3. The van der Waals surface area contributed by atoms with E-state index in [0.29, 0.717) is 43.1 Å². The lowest BCUT2D eigenvalue weighted by molar-refractivity contribution is -0.130. The zero-order valence-corrected chi connectivity index (χ0v) is 19.3. The van der Waals surface area contributed by atoms with Gasteiger partial charge in [-0.05, 0) is 19.1 Å². The van der Waals surface area contributed by atoms with Crippen molar-refractivity contribution >= 4 is 17.1 Å². The van der Waals surface area contributed by atoms with Gasteiger partial charge in [0.1, 0.15) is 17.3 Å². The van der Waals surface area contributed by atoms with Gasteiger partial charge >= 0.3 is 0 Å². The molecule has 1 amide bonds. The fourth-order valence-electron chi connectivity index (χ4n) is 5.05. The number of rotatable bonds is 3. The van der Waals surface area contributed by atoms with Crippen LogP contribution in [0.25, 0.3) is 5.52 Å². The first-order valence-electron chi connectivity index (χ1n) is 11.1. The molecule has 0 radical (unpaired) electrons. The van der Waals surface area contributed by atoms with E-state index >= 15 is 0 Å². The lowest BCUT2D eigenvalue weighted by Crippen LogP contribution is -2.41. The van der Waals surface area contributed by atoms with Crippen LogP contribution in [0, 0.1) is 17.1 Å². The average Bonchev–Trinajstić information content (AvgIpc) is 3.35. The second-order valence-electron chi connectivity index (χ2n) is 9.31. The van der Waals surface area contributed by atoms with Crippen LogP contribution in [0.2, 0.25) is 0 Å². The van der Waals surface area contributed by atoms with Crippen LogP contribution < -0.4 is 4.90 Å². The number of amides is 1. The van der Waals surface area contributed by atoms with Crippen molar-refractivity contribution in [2.24, 2.45) is 0 Å². The fourth-order valence-corrected chi connectivity index (χ4v) is 5.05. The molecule has 5 rings (SSSR count). The smallest absolute Gasteiger partial charge is 0.236 e. The third kappa shape index (κ3) is 3.43. The summed E-state index contributed by atoms with van der Waals surface area (Å²) in [7, 11) is 3.55. The molecule has 3 aromatic rings. The SMILES string of the molecule is CC1CN(CC(=O)N(C)C)Cc2c1nn1c2CN(c2ccc(C#N)n3ncc(F)c23)C[C@H]1C. The summed E-state index contributed by atoms with van der Waals surface area (Å²) in [6.07, 6.45) is 1.15. The third-order valence-electron chi connectivity index (χ3n) is 6.68. The first-order valence-corrected chi connectivity index (χ1v) is 11.1.